The van der Waals surface area contributed by atoms with Crippen LogP contribution >= 0.6 is 24.0 Å². The monoisotopic (exact) mass is 392 g/mol. The number of benzene rings is 1. The van der Waals surface area contributed by atoms with Crippen LogP contribution in [0, 0.1) is 10.1 Å². The molecular weight excluding hydrogens is 375 g/mol. The number of aliphatic imine (C=N–C) groups is 1. The molecule has 20 heavy (non-hydrogen) atoms. The molecule has 1 aromatic carbocycles. The third-order valence-electron chi connectivity index (χ3n) is 2.91. The molecule has 7 nitrogen and oxygen atoms in total. The molecular formula is C12H17IN4O3. The third-order valence-corrected chi connectivity index (χ3v) is 2.91. The highest BCUT2D eigenvalue weighted by Crippen LogP contribution is 2.12. The van der Waals surface area contributed by atoms with Crippen LogP contribution in [-0.2, 0) is 11.3 Å². The zero-order valence-electron chi connectivity index (χ0n) is 10.9. The number of halogens is 1. The molecule has 1 aliphatic rings. The van der Waals surface area contributed by atoms with Crippen molar-refractivity contribution < 1.29 is 9.66 Å². The maximum absolute atomic E-state index is 10.5. The minimum atomic E-state index is -0.421. The summed E-state index contributed by atoms with van der Waals surface area (Å²) in [4.78, 5) is 16.4. The van der Waals surface area contributed by atoms with Gasteiger partial charge < -0.3 is 15.4 Å². The molecule has 0 aliphatic carbocycles. The Bertz CT molecular complexity index is 472. The van der Waals surface area contributed by atoms with Crippen LogP contribution < -0.4 is 5.73 Å². The van der Waals surface area contributed by atoms with E-state index in [1.54, 1.807) is 12.1 Å². The van der Waals surface area contributed by atoms with E-state index in [0.29, 0.717) is 25.7 Å². The summed E-state index contributed by atoms with van der Waals surface area (Å²) in [5, 5.41) is 10.5. The molecule has 110 valence electrons. The van der Waals surface area contributed by atoms with Crippen LogP contribution in [0.4, 0.5) is 5.69 Å². The molecule has 0 amide bonds. The number of hydrogen-bond donors (Lipinski definition) is 1. The second-order valence-corrected chi connectivity index (χ2v) is 4.20. The highest BCUT2D eigenvalue weighted by molar-refractivity contribution is 14.0. The van der Waals surface area contributed by atoms with Crippen LogP contribution in [0.15, 0.2) is 29.3 Å². The number of nitrogens with two attached hydrogens (primary N) is 1. The standard InChI is InChI=1S/C12H16N4O3.HI/c13-12(15-5-7-19-8-6-15)14-9-10-1-3-11(4-2-10)16(17)18;/h1-4H,5-9H2,(H2,13,14);1H. The number of morpholine rings is 1. The molecule has 1 fully saturated rings. The van der Waals surface area contributed by atoms with Crippen LogP contribution in [0.2, 0.25) is 0 Å². The van der Waals surface area contributed by atoms with Gasteiger partial charge in [-0.25, -0.2) is 4.99 Å². The van der Waals surface area contributed by atoms with E-state index in [1.165, 1.54) is 12.1 Å². The van der Waals surface area contributed by atoms with Gasteiger partial charge in [-0.2, -0.15) is 0 Å². The van der Waals surface area contributed by atoms with Crippen molar-refractivity contribution in [3.05, 3.63) is 39.9 Å². The summed E-state index contributed by atoms with van der Waals surface area (Å²) in [5.74, 6) is 0.488. The lowest BCUT2D eigenvalue weighted by atomic mass is 10.2. The molecule has 0 radical (unpaired) electrons. The highest BCUT2D eigenvalue weighted by atomic mass is 127. The molecule has 1 saturated heterocycles. The lowest BCUT2D eigenvalue weighted by molar-refractivity contribution is -0.384. The summed E-state index contributed by atoms with van der Waals surface area (Å²) >= 11 is 0. The minimum absolute atomic E-state index is 0. The van der Waals surface area contributed by atoms with Gasteiger partial charge >= 0.3 is 0 Å². The quantitative estimate of drug-likeness (QED) is 0.276. The predicted octanol–water partition coefficient (Wildman–Crippen LogP) is 1.36. The molecule has 2 rings (SSSR count). The van der Waals surface area contributed by atoms with Gasteiger partial charge in [0.1, 0.15) is 0 Å². The maximum atomic E-state index is 10.5. The number of ether oxygens (including phenoxy) is 1. The molecule has 0 aromatic heterocycles. The average Bonchev–Trinajstić information content (AvgIpc) is 2.46. The van der Waals surface area contributed by atoms with Gasteiger partial charge in [-0.05, 0) is 5.56 Å². The summed E-state index contributed by atoms with van der Waals surface area (Å²) in [6.07, 6.45) is 0. The van der Waals surface area contributed by atoms with Crippen molar-refractivity contribution >= 4 is 35.6 Å². The molecule has 1 aromatic rings. The fraction of sp³-hybridized carbons (Fsp3) is 0.417. The summed E-state index contributed by atoms with van der Waals surface area (Å²) in [7, 11) is 0. The summed E-state index contributed by atoms with van der Waals surface area (Å²) < 4.78 is 5.23. The number of rotatable bonds is 3. The molecule has 0 spiro atoms. The number of non-ortho nitro benzene ring substituents is 1. The maximum Gasteiger partial charge on any atom is 0.269 e. The molecule has 1 aliphatic heterocycles. The van der Waals surface area contributed by atoms with Gasteiger partial charge in [-0.3, -0.25) is 10.1 Å². The Hall–Kier alpha value is -1.42. The van der Waals surface area contributed by atoms with Crippen LogP contribution in [0.1, 0.15) is 5.56 Å². The number of hydrogen-bond acceptors (Lipinski definition) is 4. The molecule has 2 N–H and O–H groups in total. The van der Waals surface area contributed by atoms with E-state index in [1.807, 2.05) is 4.90 Å². The van der Waals surface area contributed by atoms with Gasteiger partial charge in [0.05, 0.1) is 24.7 Å². The van der Waals surface area contributed by atoms with Crippen LogP contribution in [-0.4, -0.2) is 42.1 Å². The number of nitro benzene ring substituents is 1. The van der Waals surface area contributed by atoms with Crippen molar-refractivity contribution in [3.63, 3.8) is 0 Å². The lowest BCUT2D eigenvalue weighted by Gasteiger charge is -2.27. The normalized spacial score (nSPS) is 15.6. The zero-order valence-corrected chi connectivity index (χ0v) is 13.2. The SMILES string of the molecule is I.NC(=NCc1ccc([N+](=O)[O-])cc1)N1CCOCC1. The number of nitrogens with zero attached hydrogens (tertiary/aromatic N) is 3. The second kappa shape index (κ2) is 8.00. The van der Waals surface area contributed by atoms with Gasteiger partial charge in [0.2, 0.25) is 0 Å². The Kier molecular flexibility index (Phi) is 6.65. The van der Waals surface area contributed by atoms with E-state index in [-0.39, 0.29) is 29.7 Å². The van der Waals surface area contributed by atoms with Gasteiger partial charge in [0.15, 0.2) is 5.96 Å². The Balaban J connectivity index is 0.00000200. The third kappa shape index (κ3) is 4.60. The fourth-order valence-electron chi connectivity index (χ4n) is 1.79. The summed E-state index contributed by atoms with van der Waals surface area (Å²) in [6.45, 7) is 3.23. The first-order chi connectivity index (χ1) is 9.16. The fourth-order valence-corrected chi connectivity index (χ4v) is 1.79. The molecule has 1 heterocycles. The van der Waals surface area contributed by atoms with E-state index < -0.39 is 4.92 Å². The second-order valence-electron chi connectivity index (χ2n) is 4.20. The van der Waals surface area contributed by atoms with E-state index in [2.05, 4.69) is 4.99 Å². The van der Waals surface area contributed by atoms with Crippen LogP contribution in [0.3, 0.4) is 0 Å². The van der Waals surface area contributed by atoms with Gasteiger partial charge in [-0.1, -0.05) is 12.1 Å². The first kappa shape index (κ1) is 16.6. The highest BCUT2D eigenvalue weighted by Gasteiger charge is 2.12. The minimum Gasteiger partial charge on any atom is -0.378 e. The van der Waals surface area contributed by atoms with E-state index in [4.69, 9.17) is 10.5 Å². The van der Waals surface area contributed by atoms with Crippen molar-refractivity contribution in [2.45, 2.75) is 6.54 Å². The summed E-state index contributed by atoms with van der Waals surface area (Å²) in [6, 6.07) is 6.31. The van der Waals surface area contributed by atoms with E-state index in [9.17, 15) is 10.1 Å². The Morgan fingerprint density at radius 2 is 1.95 bits per heavy atom. The number of guanidine groups is 1. The first-order valence-electron chi connectivity index (χ1n) is 6.03. The van der Waals surface area contributed by atoms with Crippen molar-refractivity contribution in [1.29, 1.82) is 0 Å². The van der Waals surface area contributed by atoms with Gasteiger partial charge in [-0.15, -0.1) is 24.0 Å². The van der Waals surface area contributed by atoms with Crippen molar-refractivity contribution in [2.24, 2.45) is 10.7 Å². The topological polar surface area (TPSA) is 94.0 Å². The Morgan fingerprint density at radius 3 is 2.50 bits per heavy atom. The van der Waals surface area contributed by atoms with E-state index >= 15 is 0 Å². The zero-order chi connectivity index (χ0) is 13.7. The van der Waals surface area contributed by atoms with Crippen LogP contribution in [0.5, 0.6) is 0 Å². The molecule has 0 atom stereocenters. The molecule has 0 unspecified atom stereocenters. The summed E-state index contributed by atoms with van der Waals surface area (Å²) in [5.41, 5.74) is 6.85. The van der Waals surface area contributed by atoms with Crippen molar-refractivity contribution in [3.8, 4) is 0 Å². The average molecular weight is 392 g/mol. The molecule has 8 heteroatoms. The smallest absolute Gasteiger partial charge is 0.269 e. The first-order valence-corrected chi connectivity index (χ1v) is 6.03. The van der Waals surface area contributed by atoms with E-state index in [0.717, 1.165) is 18.7 Å². The van der Waals surface area contributed by atoms with Gasteiger partial charge in [0, 0.05) is 25.2 Å². The van der Waals surface area contributed by atoms with Crippen molar-refractivity contribution in [2.75, 3.05) is 26.3 Å². The Labute approximate surface area is 134 Å². The molecule has 0 saturated carbocycles. The molecule has 0 bridgehead atoms. The Morgan fingerprint density at radius 1 is 1.35 bits per heavy atom. The van der Waals surface area contributed by atoms with Crippen LogP contribution in [0.25, 0.3) is 0 Å². The number of nitro groups is 1. The predicted molar refractivity (Wildman–Crippen MR) is 86.2 cm³/mol. The lowest BCUT2D eigenvalue weighted by Crippen LogP contribution is -2.44. The largest absolute Gasteiger partial charge is 0.378 e. The van der Waals surface area contributed by atoms with Crippen molar-refractivity contribution in [1.82, 2.24) is 4.90 Å². The van der Waals surface area contributed by atoms with Gasteiger partial charge in [0.25, 0.3) is 5.69 Å².